The van der Waals surface area contributed by atoms with Crippen LogP contribution < -0.4 is 10.6 Å². The maximum absolute atomic E-state index is 12.4. The third kappa shape index (κ3) is 2.58. The summed E-state index contributed by atoms with van der Waals surface area (Å²) in [5.41, 5.74) is 1.96. The maximum Gasteiger partial charge on any atom is 0.229 e. The molecule has 1 aliphatic rings. The minimum Gasteiger partial charge on any atom is -0.326 e. The normalized spacial score (nSPS) is 21.9. The van der Waals surface area contributed by atoms with Crippen LogP contribution in [0.5, 0.6) is 0 Å². The van der Waals surface area contributed by atoms with Crippen LogP contribution in [0.4, 0.5) is 5.69 Å². The highest BCUT2D eigenvalue weighted by Crippen LogP contribution is 2.28. The van der Waals surface area contributed by atoms with Crippen molar-refractivity contribution >= 4 is 11.6 Å². The fraction of sp³-hybridized carbons (Fsp3) is 0.333. The van der Waals surface area contributed by atoms with E-state index in [9.17, 15) is 4.79 Å². The monoisotopic (exact) mass is 270 g/mol. The summed E-state index contributed by atoms with van der Waals surface area (Å²) in [6, 6.07) is 9.58. The Morgan fingerprint density at radius 3 is 2.85 bits per heavy atom. The molecule has 1 fully saturated rings. The summed E-state index contributed by atoms with van der Waals surface area (Å²) in [5.74, 6) is 0.196. The summed E-state index contributed by atoms with van der Waals surface area (Å²) >= 11 is 0. The van der Waals surface area contributed by atoms with Gasteiger partial charge in [0, 0.05) is 37.9 Å². The highest BCUT2D eigenvalue weighted by Gasteiger charge is 2.34. The lowest BCUT2D eigenvalue weighted by molar-refractivity contribution is -0.119. The molecule has 1 saturated heterocycles. The van der Waals surface area contributed by atoms with Crippen molar-refractivity contribution in [2.45, 2.75) is 5.92 Å². The summed E-state index contributed by atoms with van der Waals surface area (Å²) in [5, 5.41) is 10.5. The molecule has 0 aliphatic carbocycles. The van der Waals surface area contributed by atoms with Crippen LogP contribution >= 0.6 is 0 Å². The molecule has 0 unspecified atom stereocenters. The third-order valence-corrected chi connectivity index (χ3v) is 3.75. The van der Waals surface area contributed by atoms with Crippen molar-refractivity contribution in [3.63, 3.8) is 0 Å². The molecule has 2 aromatic rings. The first-order chi connectivity index (χ1) is 9.74. The zero-order chi connectivity index (χ0) is 13.9. The summed E-state index contributed by atoms with van der Waals surface area (Å²) in [6.07, 6.45) is 3.83. The number of para-hydroxylation sites is 1. The number of hydrogen-bond acceptors (Lipinski definition) is 3. The standard InChI is InChI=1S/C15H18N4O/c1-19-10-11(7-17-19)13-8-16-9-14(13)15(20)18-12-5-3-2-4-6-12/h2-7,10,13-14,16H,8-9H2,1H3,(H,18,20)/t13-,14+/m1/s1. The maximum atomic E-state index is 12.4. The smallest absolute Gasteiger partial charge is 0.229 e. The summed E-state index contributed by atoms with van der Waals surface area (Å²) < 4.78 is 1.78. The number of carbonyl (C=O) groups excluding carboxylic acids is 1. The predicted octanol–water partition coefficient (Wildman–Crippen LogP) is 1.36. The van der Waals surface area contributed by atoms with E-state index in [1.807, 2.05) is 49.8 Å². The number of nitrogens with one attached hydrogen (secondary N) is 2. The van der Waals surface area contributed by atoms with Gasteiger partial charge in [-0.1, -0.05) is 18.2 Å². The second kappa shape index (κ2) is 5.46. The number of aryl methyl sites for hydroxylation is 1. The fourth-order valence-electron chi connectivity index (χ4n) is 2.69. The van der Waals surface area contributed by atoms with Gasteiger partial charge in [0.05, 0.1) is 12.1 Å². The number of nitrogens with zero attached hydrogens (tertiary/aromatic N) is 2. The summed E-state index contributed by atoms with van der Waals surface area (Å²) in [4.78, 5) is 12.4. The Morgan fingerprint density at radius 1 is 1.35 bits per heavy atom. The molecule has 1 amide bonds. The minimum atomic E-state index is -0.0561. The van der Waals surface area contributed by atoms with E-state index in [0.717, 1.165) is 17.8 Å². The van der Waals surface area contributed by atoms with E-state index in [1.54, 1.807) is 4.68 Å². The Hall–Kier alpha value is -2.14. The first-order valence-corrected chi connectivity index (χ1v) is 6.79. The first-order valence-electron chi connectivity index (χ1n) is 6.79. The zero-order valence-electron chi connectivity index (χ0n) is 11.4. The lowest BCUT2D eigenvalue weighted by Crippen LogP contribution is -2.27. The van der Waals surface area contributed by atoms with Crippen LogP contribution in [-0.4, -0.2) is 28.8 Å². The van der Waals surface area contributed by atoms with Crippen LogP contribution in [0, 0.1) is 5.92 Å². The van der Waals surface area contributed by atoms with Crippen molar-refractivity contribution in [1.82, 2.24) is 15.1 Å². The highest BCUT2D eigenvalue weighted by atomic mass is 16.1. The van der Waals surface area contributed by atoms with Gasteiger partial charge in [0.25, 0.3) is 0 Å². The molecule has 0 spiro atoms. The Morgan fingerprint density at radius 2 is 2.15 bits per heavy atom. The lowest BCUT2D eigenvalue weighted by Gasteiger charge is -2.17. The Kier molecular flexibility index (Phi) is 3.52. The molecule has 104 valence electrons. The van der Waals surface area contributed by atoms with Gasteiger partial charge in [-0.2, -0.15) is 5.10 Å². The second-order valence-corrected chi connectivity index (χ2v) is 5.17. The predicted molar refractivity (Wildman–Crippen MR) is 77.4 cm³/mol. The molecule has 1 aromatic heterocycles. The van der Waals surface area contributed by atoms with Crippen molar-refractivity contribution in [1.29, 1.82) is 0 Å². The second-order valence-electron chi connectivity index (χ2n) is 5.17. The van der Waals surface area contributed by atoms with Gasteiger partial charge in [0.15, 0.2) is 0 Å². The molecular weight excluding hydrogens is 252 g/mol. The molecule has 2 N–H and O–H groups in total. The lowest BCUT2D eigenvalue weighted by atomic mass is 9.90. The quantitative estimate of drug-likeness (QED) is 0.885. The molecule has 3 rings (SSSR count). The van der Waals surface area contributed by atoms with Crippen molar-refractivity contribution < 1.29 is 4.79 Å². The number of rotatable bonds is 3. The van der Waals surface area contributed by atoms with E-state index >= 15 is 0 Å². The number of hydrogen-bond donors (Lipinski definition) is 2. The van der Waals surface area contributed by atoms with Crippen molar-refractivity contribution in [2.24, 2.45) is 13.0 Å². The van der Waals surface area contributed by atoms with Crippen molar-refractivity contribution in [3.8, 4) is 0 Å². The van der Waals surface area contributed by atoms with Gasteiger partial charge in [-0.3, -0.25) is 9.48 Å². The molecule has 1 aliphatic heterocycles. The average molecular weight is 270 g/mol. The van der Waals surface area contributed by atoms with Crippen LogP contribution in [0.2, 0.25) is 0 Å². The van der Waals surface area contributed by atoms with Gasteiger partial charge in [-0.15, -0.1) is 0 Å². The SMILES string of the molecule is Cn1cc([C@H]2CNC[C@@H]2C(=O)Nc2ccccc2)cn1. The van der Waals surface area contributed by atoms with Crippen LogP contribution in [0.3, 0.4) is 0 Å². The molecule has 0 saturated carbocycles. The van der Waals surface area contributed by atoms with E-state index in [0.29, 0.717) is 6.54 Å². The van der Waals surface area contributed by atoms with Crippen LogP contribution in [0.15, 0.2) is 42.7 Å². The van der Waals surface area contributed by atoms with Gasteiger partial charge in [0.1, 0.15) is 0 Å². The van der Waals surface area contributed by atoms with Crippen molar-refractivity contribution in [2.75, 3.05) is 18.4 Å². The number of aromatic nitrogens is 2. The number of benzene rings is 1. The van der Waals surface area contributed by atoms with Crippen LogP contribution in [0.25, 0.3) is 0 Å². The fourth-order valence-corrected chi connectivity index (χ4v) is 2.69. The Labute approximate surface area is 118 Å². The summed E-state index contributed by atoms with van der Waals surface area (Å²) in [6.45, 7) is 1.52. The van der Waals surface area contributed by atoms with Gasteiger partial charge < -0.3 is 10.6 Å². The molecule has 20 heavy (non-hydrogen) atoms. The summed E-state index contributed by atoms with van der Waals surface area (Å²) in [7, 11) is 1.89. The average Bonchev–Trinajstić information content (AvgIpc) is 3.08. The van der Waals surface area contributed by atoms with E-state index in [1.165, 1.54) is 0 Å². The minimum absolute atomic E-state index is 0.0561. The van der Waals surface area contributed by atoms with Gasteiger partial charge in [-0.05, 0) is 17.7 Å². The van der Waals surface area contributed by atoms with Crippen LogP contribution in [-0.2, 0) is 11.8 Å². The number of carbonyl (C=O) groups is 1. The molecule has 2 atom stereocenters. The van der Waals surface area contributed by atoms with Gasteiger partial charge >= 0.3 is 0 Å². The molecule has 5 heteroatoms. The van der Waals surface area contributed by atoms with E-state index in [2.05, 4.69) is 15.7 Å². The Balaban J connectivity index is 1.73. The van der Waals surface area contributed by atoms with Crippen molar-refractivity contribution in [3.05, 3.63) is 48.3 Å². The van der Waals surface area contributed by atoms with E-state index in [-0.39, 0.29) is 17.7 Å². The molecule has 2 heterocycles. The van der Waals surface area contributed by atoms with E-state index < -0.39 is 0 Å². The van der Waals surface area contributed by atoms with Crippen LogP contribution in [0.1, 0.15) is 11.5 Å². The van der Waals surface area contributed by atoms with Gasteiger partial charge in [0.2, 0.25) is 5.91 Å². The zero-order valence-corrected chi connectivity index (χ0v) is 11.4. The van der Waals surface area contributed by atoms with E-state index in [4.69, 9.17) is 0 Å². The largest absolute Gasteiger partial charge is 0.326 e. The molecule has 0 radical (unpaired) electrons. The third-order valence-electron chi connectivity index (χ3n) is 3.75. The molecule has 1 aromatic carbocycles. The number of amides is 1. The molecular formula is C15H18N4O. The first kappa shape index (κ1) is 12.9. The molecule has 0 bridgehead atoms. The highest BCUT2D eigenvalue weighted by molar-refractivity contribution is 5.93. The topological polar surface area (TPSA) is 59.0 Å². The molecule has 5 nitrogen and oxygen atoms in total. The van der Waals surface area contributed by atoms with Gasteiger partial charge in [-0.25, -0.2) is 0 Å². The number of anilines is 1. The Bertz CT molecular complexity index is 593.